The zero-order valence-corrected chi connectivity index (χ0v) is 17.8. The highest BCUT2D eigenvalue weighted by Gasteiger charge is 2.23. The highest BCUT2D eigenvalue weighted by Crippen LogP contribution is 2.14. The maximum atomic E-state index is 13.2. The van der Waals surface area contributed by atoms with Gasteiger partial charge in [-0.25, -0.2) is 4.79 Å². The lowest BCUT2D eigenvalue weighted by atomic mass is 10.1. The molecule has 158 valence electrons. The van der Waals surface area contributed by atoms with Gasteiger partial charge in [-0.1, -0.05) is 36.3 Å². The number of aromatic nitrogens is 2. The quantitative estimate of drug-likeness (QED) is 0.679. The van der Waals surface area contributed by atoms with E-state index in [1.807, 2.05) is 30.3 Å². The molecule has 0 amide bonds. The Kier molecular flexibility index (Phi) is 6.07. The summed E-state index contributed by atoms with van der Waals surface area (Å²) in [6.07, 6.45) is 0.693. The molecule has 2 aromatic rings. The Morgan fingerprint density at radius 1 is 0.967 bits per heavy atom. The molecular weight excluding hydrogens is 378 g/mol. The average Bonchev–Trinajstić information content (AvgIpc) is 2.77. The fraction of sp³-hybridized carbons (Fsp3) is 0.478. The summed E-state index contributed by atoms with van der Waals surface area (Å²) in [5.41, 5.74) is 2.11. The molecule has 0 atom stereocenters. The minimum absolute atomic E-state index is 0.173. The van der Waals surface area contributed by atoms with Crippen molar-refractivity contribution in [2.45, 2.75) is 19.5 Å². The van der Waals surface area contributed by atoms with Gasteiger partial charge >= 0.3 is 5.69 Å². The summed E-state index contributed by atoms with van der Waals surface area (Å²) in [4.78, 5) is 32.6. The van der Waals surface area contributed by atoms with Crippen LogP contribution < -0.4 is 11.2 Å². The Morgan fingerprint density at radius 3 is 2.43 bits per heavy atom. The first-order valence-electron chi connectivity index (χ1n) is 10.5. The lowest BCUT2D eigenvalue weighted by Gasteiger charge is -2.30. The molecule has 0 aliphatic carbocycles. The fourth-order valence-corrected chi connectivity index (χ4v) is 4.13. The molecule has 4 rings (SSSR count). The van der Waals surface area contributed by atoms with Crippen molar-refractivity contribution in [2.75, 3.05) is 46.3 Å². The summed E-state index contributed by atoms with van der Waals surface area (Å²) in [6, 6.07) is 12.9. The molecule has 7 nitrogen and oxygen atoms in total. The van der Waals surface area contributed by atoms with Gasteiger partial charge in [0.05, 0.1) is 18.7 Å². The zero-order valence-electron chi connectivity index (χ0n) is 17.8. The number of hydrogen-bond acceptors (Lipinski definition) is 5. The van der Waals surface area contributed by atoms with Gasteiger partial charge in [-0.2, -0.15) is 0 Å². The fourth-order valence-electron chi connectivity index (χ4n) is 4.13. The van der Waals surface area contributed by atoms with Gasteiger partial charge in [0, 0.05) is 64.5 Å². The van der Waals surface area contributed by atoms with E-state index in [2.05, 4.69) is 33.7 Å². The third-order valence-corrected chi connectivity index (χ3v) is 6.05. The molecule has 30 heavy (non-hydrogen) atoms. The largest absolute Gasteiger partial charge is 0.331 e. The number of nitrogens with zero attached hydrogens (tertiary/aromatic N) is 5. The molecule has 0 N–H and O–H groups in total. The van der Waals surface area contributed by atoms with Crippen molar-refractivity contribution in [2.24, 2.45) is 7.05 Å². The van der Waals surface area contributed by atoms with E-state index in [-0.39, 0.29) is 11.2 Å². The maximum Gasteiger partial charge on any atom is 0.331 e. The molecule has 0 unspecified atom stereocenters. The van der Waals surface area contributed by atoms with Gasteiger partial charge < -0.3 is 14.4 Å². The summed E-state index contributed by atoms with van der Waals surface area (Å²) in [7, 11) is 3.90. The van der Waals surface area contributed by atoms with Gasteiger partial charge in [-0.3, -0.25) is 14.3 Å². The Hall–Kier alpha value is -2.82. The SMILES string of the molecule is CN1CCN(C#CCN2CCc3c(c(=O)n(Cc4ccccc4)c(=O)n3C)C2)CC1. The van der Waals surface area contributed by atoms with Crippen LogP contribution in [0.5, 0.6) is 0 Å². The lowest BCUT2D eigenvalue weighted by molar-refractivity contribution is 0.206. The molecule has 1 fully saturated rings. The predicted octanol–water partition coefficient (Wildman–Crippen LogP) is 0.162. The van der Waals surface area contributed by atoms with Crippen LogP contribution in [0.3, 0.4) is 0 Å². The Morgan fingerprint density at radius 2 is 1.70 bits per heavy atom. The Labute approximate surface area is 177 Å². The van der Waals surface area contributed by atoms with Crippen molar-refractivity contribution in [3.63, 3.8) is 0 Å². The normalized spacial score (nSPS) is 17.3. The van der Waals surface area contributed by atoms with Crippen molar-refractivity contribution in [1.29, 1.82) is 0 Å². The van der Waals surface area contributed by atoms with Crippen LogP contribution >= 0.6 is 0 Å². The first-order chi connectivity index (χ1) is 14.5. The number of benzene rings is 1. The summed E-state index contributed by atoms with van der Waals surface area (Å²) >= 11 is 0. The third-order valence-electron chi connectivity index (χ3n) is 6.05. The molecular formula is C23H29N5O2. The summed E-state index contributed by atoms with van der Waals surface area (Å²) < 4.78 is 3.00. The van der Waals surface area contributed by atoms with E-state index in [1.54, 1.807) is 11.6 Å². The Balaban J connectivity index is 1.51. The van der Waals surface area contributed by atoms with E-state index >= 15 is 0 Å². The van der Waals surface area contributed by atoms with E-state index in [1.165, 1.54) is 4.57 Å². The van der Waals surface area contributed by atoms with Crippen LogP contribution in [0.15, 0.2) is 39.9 Å². The molecule has 2 aliphatic heterocycles. The average molecular weight is 408 g/mol. The van der Waals surface area contributed by atoms with Crippen molar-refractivity contribution < 1.29 is 0 Å². The van der Waals surface area contributed by atoms with Gasteiger partial charge in [-0.15, -0.1) is 0 Å². The van der Waals surface area contributed by atoms with Crippen LogP contribution in [0.2, 0.25) is 0 Å². The van der Waals surface area contributed by atoms with Crippen LogP contribution in [0.1, 0.15) is 16.8 Å². The van der Waals surface area contributed by atoms with Crippen molar-refractivity contribution >= 4 is 0 Å². The number of piperazine rings is 1. The molecule has 3 heterocycles. The molecule has 7 heteroatoms. The second kappa shape index (κ2) is 8.90. The molecule has 2 aliphatic rings. The van der Waals surface area contributed by atoms with Crippen molar-refractivity contribution in [1.82, 2.24) is 23.8 Å². The van der Waals surface area contributed by atoms with Crippen LogP contribution in [-0.2, 0) is 26.6 Å². The molecule has 0 spiro atoms. The highest BCUT2D eigenvalue weighted by molar-refractivity contribution is 5.23. The van der Waals surface area contributed by atoms with E-state index < -0.39 is 0 Å². The smallest absolute Gasteiger partial charge is 0.330 e. The second-order valence-corrected chi connectivity index (χ2v) is 8.18. The summed E-state index contributed by atoms with van der Waals surface area (Å²) in [6.45, 7) is 6.29. The number of fused-ring (bicyclic) bond motifs is 1. The van der Waals surface area contributed by atoms with Crippen LogP contribution in [-0.4, -0.2) is 70.2 Å². The first-order valence-corrected chi connectivity index (χ1v) is 10.5. The van der Waals surface area contributed by atoms with Crippen molar-refractivity contribution in [3.8, 4) is 12.0 Å². The molecule has 0 saturated carbocycles. The van der Waals surface area contributed by atoms with Crippen molar-refractivity contribution in [3.05, 3.63) is 68.0 Å². The van der Waals surface area contributed by atoms with E-state index in [0.717, 1.165) is 49.5 Å². The van der Waals surface area contributed by atoms with Gasteiger partial charge in [0.1, 0.15) is 0 Å². The van der Waals surface area contributed by atoms with Crippen LogP contribution in [0, 0.1) is 12.0 Å². The number of rotatable bonds is 3. The van der Waals surface area contributed by atoms with Gasteiger partial charge in [0.2, 0.25) is 0 Å². The van der Waals surface area contributed by atoms with Crippen LogP contribution in [0.25, 0.3) is 0 Å². The number of likely N-dealkylation sites (N-methyl/N-ethyl adjacent to an activating group) is 1. The summed E-state index contributed by atoms with van der Waals surface area (Å²) in [5, 5.41) is 0. The molecule has 0 bridgehead atoms. The Bertz CT molecular complexity index is 1070. The van der Waals surface area contributed by atoms with E-state index in [9.17, 15) is 9.59 Å². The van der Waals surface area contributed by atoms with Gasteiger partial charge in [-0.05, 0) is 12.6 Å². The monoisotopic (exact) mass is 407 g/mol. The number of hydrogen-bond donors (Lipinski definition) is 0. The third kappa shape index (κ3) is 4.35. The maximum absolute atomic E-state index is 13.2. The standard InChI is InChI=1S/C23H29N5O2/c1-24-13-15-26(16-14-24)10-6-11-27-12-9-21-20(18-27)22(29)28(23(30)25(21)2)17-19-7-4-3-5-8-19/h3-5,7-8H,9,11-18H2,1-2H3. The topological polar surface area (TPSA) is 53.7 Å². The molecule has 0 radical (unpaired) electrons. The minimum atomic E-state index is -0.245. The highest BCUT2D eigenvalue weighted by atomic mass is 16.2. The van der Waals surface area contributed by atoms with E-state index in [0.29, 0.717) is 26.1 Å². The van der Waals surface area contributed by atoms with E-state index in [4.69, 9.17) is 0 Å². The van der Waals surface area contributed by atoms with Crippen LogP contribution in [0.4, 0.5) is 0 Å². The molecule has 1 aromatic heterocycles. The molecule has 1 saturated heterocycles. The predicted molar refractivity (Wildman–Crippen MR) is 117 cm³/mol. The first kappa shape index (κ1) is 20.5. The minimum Gasteiger partial charge on any atom is -0.330 e. The second-order valence-electron chi connectivity index (χ2n) is 8.18. The van der Waals surface area contributed by atoms with Gasteiger partial charge in [0.25, 0.3) is 5.56 Å². The lowest BCUT2D eigenvalue weighted by Crippen LogP contribution is -2.47. The molecule has 1 aromatic carbocycles. The summed E-state index contributed by atoms with van der Waals surface area (Å²) in [5.74, 6) is 3.28. The zero-order chi connectivity index (χ0) is 21.1. The van der Waals surface area contributed by atoms with Gasteiger partial charge in [0.15, 0.2) is 0 Å².